The summed E-state index contributed by atoms with van der Waals surface area (Å²) in [5, 5.41) is 2.32. The summed E-state index contributed by atoms with van der Waals surface area (Å²) in [5.41, 5.74) is 2.16. The minimum atomic E-state index is -0.650. The Bertz CT molecular complexity index is 663. The van der Waals surface area contributed by atoms with Crippen LogP contribution in [0.25, 0.3) is 0 Å². The van der Waals surface area contributed by atoms with E-state index in [0.717, 1.165) is 16.8 Å². The van der Waals surface area contributed by atoms with E-state index < -0.39 is 11.5 Å². The maximum Gasteiger partial charge on any atom is 0.249 e. The van der Waals surface area contributed by atoms with Crippen molar-refractivity contribution in [2.75, 3.05) is 4.90 Å². The number of aryl methyl sites for hydroxylation is 1. The second kappa shape index (κ2) is 4.41. The van der Waals surface area contributed by atoms with Crippen molar-refractivity contribution < 1.29 is 14.4 Å². The van der Waals surface area contributed by atoms with Gasteiger partial charge < -0.3 is 0 Å². The number of nitrogens with zero attached hydrogens (tertiary/aromatic N) is 1. The summed E-state index contributed by atoms with van der Waals surface area (Å²) in [4.78, 5) is 37.7. The molecule has 1 atom stereocenters. The number of rotatable bonds is 1. The highest BCUT2D eigenvalue weighted by Gasteiger charge is 2.48. The topological polar surface area (TPSA) is 66.5 Å². The van der Waals surface area contributed by atoms with Crippen LogP contribution in [-0.2, 0) is 19.8 Å². The molecule has 0 aliphatic carbocycles. The third-order valence-corrected chi connectivity index (χ3v) is 4.36. The Morgan fingerprint density at radius 3 is 2.62 bits per heavy atom. The molecule has 2 heterocycles. The van der Waals surface area contributed by atoms with Crippen LogP contribution in [0.5, 0.6) is 0 Å². The summed E-state index contributed by atoms with van der Waals surface area (Å²) in [6.45, 7) is 5.73. The number of carbonyl (C=O) groups is 3. The Balaban J connectivity index is 2.07. The Morgan fingerprint density at radius 1 is 1.24 bits per heavy atom. The van der Waals surface area contributed by atoms with E-state index in [4.69, 9.17) is 0 Å². The van der Waals surface area contributed by atoms with E-state index in [-0.39, 0.29) is 24.1 Å². The van der Waals surface area contributed by atoms with Crippen LogP contribution in [0.3, 0.4) is 0 Å². The van der Waals surface area contributed by atoms with Gasteiger partial charge in [-0.1, -0.05) is 17.7 Å². The molecule has 3 rings (SSSR count). The molecule has 1 saturated heterocycles. The lowest BCUT2D eigenvalue weighted by molar-refractivity contribution is -0.136. The van der Waals surface area contributed by atoms with E-state index in [2.05, 4.69) is 5.32 Å². The molecule has 1 N–H and O–H groups in total. The fourth-order valence-electron chi connectivity index (χ4n) is 3.12. The van der Waals surface area contributed by atoms with Gasteiger partial charge in [0.2, 0.25) is 17.7 Å². The lowest BCUT2D eigenvalue weighted by atomic mass is 9.85. The molecule has 1 aromatic rings. The summed E-state index contributed by atoms with van der Waals surface area (Å²) in [7, 11) is 0. The number of benzene rings is 1. The number of anilines is 1. The monoisotopic (exact) mass is 286 g/mol. The molecule has 5 heteroatoms. The standard InChI is InChI=1S/C16H18N2O3/c1-9-4-5-11-10(8-9)16(2,3)15(21)18(11)12-6-7-13(19)17-14(12)20/h4-5,8,12H,6-7H2,1-3H3,(H,17,19,20). The highest BCUT2D eigenvalue weighted by atomic mass is 16.2. The minimum absolute atomic E-state index is 0.0856. The largest absolute Gasteiger partial charge is 0.299 e. The predicted octanol–water partition coefficient (Wildman–Crippen LogP) is 1.42. The molecule has 3 amide bonds. The van der Waals surface area contributed by atoms with Crippen LogP contribution in [0.15, 0.2) is 18.2 Å². The zero-order valence-electron chi connectivity index (χ0n) is 12.4. The average Bonchev–Trinajstić information content (AvgIpc) is 2.59. The second-order valence-electron chi connectivity index (χ2n) is 6.29. The van der Waals surface area contributed by atoms with E-state index in [1.165, 1.54) is 0 Å². The molecule has 0 spiro atoms. The summed E-state index contributed by atoms with van der Waals surface area (Å²) in [6, 6.07) is 5.23. The van der Waals surface area contributed by atoms with Gasteiger partial charge in [0.25, 0.3) is 0 Å². The van der Waals surface area contributed by atoms with Crippen molar-refractivity contribution in [2.24, 2.45) is 0 Å². The van der Waals surface area contributed by atoms with Crippen LogP contribution < -0.4 is 10.2 Å². The lowest BCUT2D eigenvalue weighted by Crippen LogP contribution is -2.55. The Labute approximate surface area is 123 Å². The summed E-state index contributed by atoms with van der Waals surface area (Å²) < 4.78 is 0. The van der Waals surface area contributed by atoms with Gasteiger partial charge in [0.15, 0.2) is 0 Å². The van der Waals surface area contributed by atoms with E-state index in [9.17, 15) is 14.4 Å². The highest BCUT2D eigenvalue weighted by molar-refractivity contribution is 6.13. The van der Waals surface area contributed by atoms with Crippen molar-refractivity contribution in [2.45, 2.75) is 45.1 Å². The smallest absolute Gasteiger partial charge is 0.249 e. The molecular weight excluding hydrogens is 268 g/mol. The fourth-order valence-corrected chi connectivity index (χ4v) is 3.12. The molecule has 2 aliphatic heterocycles. The number of hydrogen-bond acceptors (Lipinski definition) is 3. The molecule has 0 radical (unpaired) electrons. The maximum absolute atomic E-state index is 12.8. The van der Waals surface area contributed by atoms with Gasteiger partial charge in [-0.2, -0.15) is 0 Å². The molecule has 1 aromatic carbocycles. The number of hydrogen-bond donors (Lipinski definition) is 1. The molecule has 0 saturated carbocycles. The van der Waals surface area contributed by atoms with Crippen molar-refractivity contribution >= 4 is 23.4 Å². The van der Waals surface area contributed by atoms with Crippen LogP contribution in [0, 0.1) is 6.92 Å². The van der Waals surface area contributed by atoms with E-state index in [0.29, 0.717) is 6.42 Å². The molecule has 110 valence electrons. The third-order valence-electron chi connectivity index (χ3n) is 4.36. The molecular formula is C16H18N2O3. The van der Waals surface area contributed by atoms with Crippen molar-refractivity contribution in [1.82, 2.24) is 5.32 Å². The van der Waals surface area contributed by atoms with E-state index >= 15 is 0 Å². The van der Waals surface area contributed by atoms with Crippen molar-refractivity contribution in [1.29, 1.82) is 0 Å². The first-order valence-electron chi connectivity index (χ1n) is 7.11. The number of carbonyl (C=O) groups excluding carboxylic acids is 3. The van der Waals surface area contributed by atoms with Crippen LogP contribution in [0.2, 0.25) is 0 Å². The van der Waals surface area contributed by atoms with Gasteiger partial charge in [-0.05, 0) is 38.8 Å². The Morgan fingerprint density at radius 2 is 1.95 bits per heavy atom. The highest BCUT2D eigenvalue weighted by Crippen LogP contribution is 2.43. The van der Waals surface area contributed by atoms with Gasteiger partial charge in [-0.3, -0.25) is 24.6 Å². The van der Waals surface area contributed by atoms with Gasteiger partial charge in [-0.15, -0.1) is 0 Å². The van der Waals surface area contributed by atoms with E-state index in [1.807, 2.05) is 39.0 Å². The van der Waals surface area contributed by atoms with Gasteiger partial charge in [0.05, 0.1) is 5.41 Å². The summed E-state index contributed by atoms with van der Waals surface area (Å²) in [5.74, 6) is -0.743. The number of fused-ring (bicyclic) bond motifs is 1. The third kappa shape index (κ3) is 1.95. The van der Waals surface area contributed by atoms with Crippen molar-refractivity contribution in [3.63, 3.8) is 0 Å². The normalized spacial score (nSPS) is 24.0. The van der Waals surface area contributed by atoms with Crippen LogP contribution >= 0.6 is 0 Å². The number of imide groups is 1. The van der Waals surface area contributed by atoms with Gasteiger partial charge in [0, 0.05) is 12.1 Å². The minimum Gasteiger partial charge on any atom is -0.299 e. The SMILES string of the molecule is Cc1ccc2c(c1)C(C)(C)C(=O)N2C1CCC(=O)NC1=O. The first-order chi connectivity index (χ1) is 9.82. The van der Waals surface area contributed by atoms with Crippen LogP contribution in [-0.4, -0.2) is 23.8 Å². The van der Waals surface area contributed by atoms with Crippen molar-refractivity contribution in [3.8, 4) is 0 Å². The lowest BCUT2D eigenvalue weighted by Gasteiger charge is -2.31. The molecule has 0 aromatic heterocycles. The first-order valence-corrected chi connectivity index (χ1v) is 7.11. The molecule has 1 fully saturated rings. The van der Waals surface area contributed by atoms with Crippen LogP contribution in [0.1, 0.15) is 37.8 Å². The van der Waals surface area contributed by atoms with Gasteiger partial charge in [0.1, 0.15) is 6.04 Å². The maximum atomic E-state index is 12.8. The van der Waals surface area contributed by atoms with Crippen molar-refractivity contribution in [3.05, 3.63) is 29.3 Å². The quantitative estimate of drug-likeness (QED) is 0.794. The van der Waals surface area contributed by atoms with Gasteiger partial charge in [-0.25, -0.2) is 0 Å². The van der Waals surface area contributed by atoms with E-state index in [1.54, 1.807) is 4.90 Å². The number of nitrogens with one attached hydrogen (secondary N) is 1. The molecule has 5 nitrogen and oxygen atoms in total. The summed E-state index contributed by atoms with van der Waals surface area (Å²) in [6.07, 6.45) is 0.640. The zero-order valence-corrected chi connectivity index (χ0v) is 12.4. The Kier molecular flexibility index (Phi) is 2.90. The van der Waals surface area contributed by atoms with Gasteiger partial charge >= 0.3 is 0 Å². The number of amides is 3. The average molecular weight is 286 g/mol. The first kappa shape index (κ1) is 13.8. The second-order valence-corrected chi connectivity index (χ2v) is 6.29. The predicted molar refractivity (Wildman–Crippen MR) is 77.9 cm³/mol. The number of piperidine rings is 1. The van der Waals surface area contributed by atoms with Crippen LogP contribution in [0.4, 0.5) is 5.69 Å². The Hall–Kier alpha value is -2.17. The molecule has 0 bridgehead atoms. The molecule has 2 aliphatic rings. The zero-order chi connectivity index (χ0) is 15.4. The summed E-state index contributed by atoms with van der Waals surface area (Å²) >= 11 is 0. The molecule has 1 unspecified atom stereocenters. The molecule has 21 heavy (non-hydrogen) atoms. The fraction of sp³-hybridized carbons (Fsp3) is 0.438.